The average molecular weight is 320 g/mol. The molecule has 2 atom stereocenters. The van der Waals surface area contributed by atoms with Gasteiger partial charge in [-0.1, -0.05) is 44.2 Å². The van der Waals surface area contributed by atoms with Crippen LogP contribution in [-0.4, -0.2) is 43.9 Å². The second-order valence-electron chi connectivity index (χ2n) is 5.66. The zero-order chi connectivity index (χ0) is 17.2. The maximum atomic E-state index is 12.4. The van der Waals surface area contributed by atoms with Gasteiger partial charge in [0.2, 0.25) is 11.8 Å². The van der Waals surface area contributed by atoms with E-state index in [2.05, 4.69) is 10.6 Å². The minimum atomic E-state index is -0.712. The number of hydrogen-bond acceptors (Lipinski definition) is 4. The molecule has 0 aliphatic rings. The maximum absolute atomic E-state index is 12.4. The van der Waals surface area contributed by atoms with Gasteiger partial charge < -0.3 is 20.2 Å². The first-order valence-electron chi connectivity index (χ1n) is 7.55. The van der Waals surface area contributed by atoms with Crippen molar-refractivity contribution in [2.45, 2.75) is 32.4 Å². The molecule has 23 heavy (non-hydrogen) atoms. The van der Waals surface area contributed by atoms with Gasteiger partial charge >= 0.3 is 0 Å². The van der Waals surface area contributed by atoms with Crippen molar-refractivity contribution < 1.29 is 19.1 Å². The number of carbonyl (C=O) groups is 3. The fourth-order valence-corrected chi connectivity index (χ4v) is 2.15. The van der Waals surface area contributed by atoms with Gasteiger partial charge in [-0.2, -0.15) is 0 Å². The molecule has 0 aliphatic heterocycles. The molecule has 2 amide bonds. The normalized spacial score (nSPS) is 13.2. The lowest BCUT2D eigenvalue weighted by Crippen LogP contribution is -2.53. The van der Waals surface area contributed by atoms with E-state index in [4.69, 9.17) is 4.74 Å². The van der Waals surface area contributed by atoms with Gasteiger partial charge in [0.25, 0.3) is 0 Å². The van der Waals surface area contributed by atoms with Crippen molar-refractivity contribution in [1.29, 1.82) is 0 Å². The number of carbonyl (C=O) groups excluding carboxylic acids is 3. The zero-order valence-electron chi connectivity index (χ0n) is 13.7. The van der Waals surface area contributed by atoms with Crippen LogP contribution in [0, 0.1) is 5.92 Å². The second kappa shape index (κ2) is 9.74. The van der Waals surface area contributed by atoms with Crippen LogP contribution in [0.2, 0.25) is 0 Å². The quantitative estimate of drug-likeness (QED) is 0.656. The van der Waals surface area contributed by atoms with E-state index in [1.54, 1.807) is 0 Å². The number of methoxy groups -OCH3 is 1. The summed E-state index contributed by atoms with van der Waals surface area (Å²) < 4.78 is 4.75. The van der Waals surface area contributed by atoms with Crippen LogP contribution in [0.5, 0.6) is 0 Å². The summed E-state index contributed by atoms with van der Waals surface area (Å²) >= 11 is 0. The van der Waals surface area contributed by atoms with E-state index in [1.165, 1.54) is 7.11 Å². The van der Waals surface area contributed by atoms with Gasteiger partial charge in [0.15, 0.2) is 0 Å². The Morgan fingerprint density at radius 2 is 1.83 bits per heavy atom. The first kappa shape index (κ1) is 18.8. The molecule has 2 N–H and O–H groups in total. The average Bonchev–Trinajstić information content (AvgIpc) is 2.52. The lowest BCUT2D eigenvalue weighted by molar-refractivity contribution is -0.132. The second-order valence-corrected chi connectivity index (χ2v) is 5.66. The van der Waals surface area contributed by atoms with E-state index >= 15 is 0 Å². The molecule has 1 rings (SSSR count). The summed E-state index contributed by atoms with van der Waals surface area (Å²) in [5.41, 5.74) is 0.953. The Labute approximate surface area is 136 Å². The van der Waals surface area contributed by atoms with Crippen molar-refractivity contribution in [2.75, 3.05) is 13.7 Å². The summed E-state index contributed by atoms with van der Waals surface area (Å²) in [6.07, 6.45) is 1.12. The van der Waals surface area contributed by atoms with Crippen molar-refractivity contribution in [3.63, 3.8) is 0 Å². The summed E-state index contributed by atoms with van der Waals surface area (Å²) in [5.74, 6) is -0.857. The van der Waals surface area contributed by atoms with Crippen molar-refractivity contribution in [1.82, 2.24) is 10.6 Å². The van der Waals surface area contributed by atoms with Crippen LogP contribution >= 0.6 is 0 Å². The highest BCUT2D eigenvalue weighted by Gasteiger charge is 2.26. The smallest absolute Gasteiger partial charge is 0.246 e. The lowest BCUT2D eigenvalue weighted by atomic mass is 10.0. The van der Waals surface area contributed by atoms with Crippen LogP contribution in [0.15, 0.2) is 30.3 Å². The molecule has 0 saturated heterocycles. The highest BCUT2D eigenvalue weighted by molar-refractivity contribution is 5.89. The molecule has 0 spiro atoms. The van der Waals surface area contributed by atoms with Crippen LogP contribution < -0.4 is 10.6 Å². The topological polar surface area (TPSA) is 84.5 Å². The van der Waals surface area contributed by atoms with Gasteiger partial charge in [0.1, 0.15) is 18.9 Å². The zero-order valence-corrected chi connectivity index (χ0v) is 13.7. The third kappa shape index (κ3) is 6.61. The minimum absolute atomic E-state index is 0.111. The molecule has 0 aliphatic carbocycles. The fraction of sp³-hybridized carbons (Fsp3) is 0.471. The van der Waals surface area contributed by atoms with Gasteiger partial charge in [-0.05, 0) is 17.9 Å². The summed E-state index contributed by atoms with van der Waals surface area (Å²) in [6.45, 7) is 3.53. The Morgan fingerprint density at radius 3 is 2.35 bits per heavy atom. The Hall–Kier alpha value is -2.21. The van der Waals surface area contributed by atoms with E-state index in [0.29, 0.717) is 12.7 Å². The summed E-state index contributed by atoms with van der Waals surface area (Å²) in [6, 6.07) is 8.08. The molecular formula is C17H24N2O4. The molecule has 0 saturated carbocycles. The van der Waals surface area contributed by atoms with E-state index < -0.39 is 12.1 Å². The molecular weight excluding hydrogens is 296 g/mol. The number of hydrogen-bond donors (Lipinski definition) is 2. The van der Waals surface area contributed by atoms with Crippen LogP contribution in [0.4, 0.5) is 0 Å². The number of amides is 2. The predicted molar refractivity (Wildman–Crippen MR) is 86.8 cm³/mol. The molecule has 0 radical (unpaired) electrons. The number of rotatable bonds is 9. The number of benzene rings is 1. The van der Waals surface area contributed by atoms with Crippen LogP contribution in [0.3, 0.4) is 0 Å². The van der Waals surface area contributed by atoms with Gasteiger partial charge in [-0.3, -0.25) is 9.59 Å². The summed E-state index contributed by atoms with van der Waals surface area (Å²) in [7, 11) is 1.41. The van der Waals surface area contributed by atoms with Crippen molar-refractivity contribution in [2.24, 2.45) is 5.92 Å². The molecule has 1 aromatic rings. The molecule has 0 aromatic heterocycles. The highest BCUT2D eigenvalue weighted by atomic mass is 16.5. The summed E-state index contributed by atoms with van der Waals surface area (Å²) in [5, 5.41) is 5.30. The van der Waals surface area contributed by atoms with Crippen LogP contribution in [0.25, 0.3) is 0 Å². The molecule has 1 aromatic carbocycles. The van der Waals surface area contributed by atoms with Gasteiger partial charge in [-0.25, -0.2) is 0 Å². The predicted octanol–water partition coefficient (Wildman–Crippen LogP) is 0.700. The molecule has 126 valence electrons. The SMILES string of the molecule is COCC(=O)NC(C(=O)NC(C=O)Cc1ccccc1)C(C)C. The highest BCUT2D eigenvalue weighted by Crippen LogP contribution is 2.05. The van der Waals surface area contributed by atoms with E-state index in [9.17, 15) is 14.4 Å². The Balaban J connectivity index is 2.67. The molecule has 0 heterocycles. The molecule has 6 heteroatoms. The number of nitrogens with one attached hydrogen (secondary N) is 2. The van der Waals surface area contributed by atoms with Crippen molar-refractivity contribution >= 4 is 18.1 Å². The van der Waals surface area contributed by atoms with Crippen LogP contribution in [0.1, 0.15) is 19.4 Å². The largest absolute Gasteiger partial charge is 0.375 e. The van der Waals surface area contributed by atoms with E-state index in [1.807, 2.05) is 44.2 Å². The van der Waals surface area contributed by atoms with E-state index in [-0.39, 0.29) is 24.3 Å². The molecule has 6 nitrogen and oxygen atoms in total. The summed E-state index contributed by atoms with van der Waals surface area (Å²) in [4.78, 5) is 35.2. The van der Waals surface area contributed by atoms with Gasteiger partial charge in [0, 0.05) is 7.11 Å². The molecule has 0 fully saturated rings. The van der Waals surface area contributed by atoms with Crippen molar-refractivity contribution in [3.8, 4) is 0 Å². The van der Waals surface area contributed by atoms with Crippen molar-refractivity contribution in [3.05, 3.63) is 35.9 Å². The monoisotopic (exact) mass is 320 g/mol. The van der Waals surface area contributed by atoms with Gasteiger partial charge in [-0.15, -0.1) is 0 Å². The fourth-order valence-electron chi connectivity index (χ4n) is 2.15. The Kier molecular flexibility index (Phi) is 7.97. The minimum Gasteiger partial charge on any atom is -0.375 e. The third-order valence-electron chi connectivity index (χ3n) is 3.33. The number of ether oxygens (including phenoxy) is 1. The maximum Gasteiger partial charge on any atom is 0.246 e. The first-order chi connectivity index (χ1) is 11.0. The van der Waals surface area contributed by atoms with E-state index in [0.717, 1.165) is 5.56 Å². The Morgan fingerprint density at radius 1 is 1.17 bits per heavy atom. The lowest BCUT2D eigenvalue weighted by Gasteiger charge is -2.23. The first-order valence-corrected chi connectivity index (χ1v) is 7.55. The standard InChI is InChI=1S/C17H24N2O4/c1-12(2)16(19-15(21)11-23-3)17(22)18-14(10-20)9-13-7-5-4-6-8-13/h4-8,10,12,14,16H,9,11H2,1-3H3,(H,18,22)(H,19,21). The Bertz CT molecular complexity index is 517. The number of aldehydes is 1. The molecule has 2 unspecified atom stereocenters. The third-order valence-corrected chi connectivity index (χ3v) is 3.33. The van der Waals surface area contributed by atoms with Gasteiger partial charge in [0.05, 0.1) is 6.04 Å². The molecule has 0 bridgehead atoms. The van der Waals surface area contributed by atoms with Crippen LogP contribution in [-0.2, 0) is 25.5 Å².